The third kappa shape index (κ3) is 4.73. The summed E-state index contributed by atoms with van der Waals surface area (Å²) in [6.07, 6.45) is -7.31. The Balaban J connectivity index is 1.87. The van der Waals surface area contributed by atoms with Crippen LogP contribution >= 0.6 is 0 Å². The average Bonchev–Trinajstić information content (AvgIpc) is 2.65. The van der Waals surface area contributed by atoms with E-state index in [4.69, 9.17) is 5.73 Å². The Morgan fingerprint density at radius 3 is 2.34 bits per heavy atom. The van der Waals surface area contributed by atoms with Crippen molar-refractivity contribution in [3.05, 3.63) is 65.5 Å². The molecule has 0 aliphatic carbocycles. The number of nitrogen functional groups attached to an aromatic ring is 1. The highest BCUT2D eigenvalue weighted by Gasteiger charge is 2.33. The van der Waals surface area contributed by atoms with Gasteiger partial charge in [0, 0.05) is 18.9 Å². The van der Waals surface area contributed by atoms with Crippen molar-refractivity contribution < 1.29 is 26.3 Å². The number of pyridine rings is 1. The Kier molecular flexibility index (Phi) is 5.31. The van der Waals surface area contributed by atoms with Gasteiger partial charge in [-0.05, 0) is 23.8 Å². The van der Waals surface area contributed by atoms with Crippen LogP contribution in [0.1, 0.15) is 16.7 Å². The fourth-order valence-corrected chi connectivity index (χ4v) is 2.53. The average molecular weight is 413 g/mol. The lowest BCUT2D eigenvalue weighted by Gasteiger charge is -2.14. The molecule has 2 aromatic heterocycles. The molecule has 0 aliphatic rings. The monoisotopic (exact) mass is 413 g/mol. The van der Waals surface area contributed by atoms with Crippen molar-refractivity contribution in [2.24, 2.45) is 0 Å². The van der Waals surface area contributed by atoms with Gasteiger partial charge in [-0.15, -0.1) is 0 Å². The Morgan fingerprint density at radius 1 is 0.931 bits per heavy atom. The van der Waals surface area contributed by atoms with E-state index in [1.165, 1.54) is 30.5 Å². The van der Waals surface area contributed by atoms with Gasteiger partial charge in [0.05, 0.1) is 16.7 Å². The first-order valence-corrected chi connectivity index (χ1v) is 8.11. The van der Waals surface area contributed by atoms with Crippen LogP contribution in [-0.4, -0.2) is 15.0 Å². The van der Waals surface area contributed by atoms with Gasteiger partial charge in [0.2, 0.25) is 0 Å². The van der Waals surface area contributed by atoms with Crippen LogP contribution in [0.4, 0.5) is 38.0 Å². The van der Waals surface area contributed by atoms with E-state index in [1.807, 2.05) is 0 Å². The third-order valence-electron chi connectivity index (χ3n) is 3.93. The lowest BCUT2D eigenvalue weighted by atomic mass is 10.1. The fourth-order valence-electron chi connectivity index (χ4n) is 2.53. The van der Waals surface area contributed by atoms with E-state index in [2.05, 4.69) is 20.3 Å². The molecule has 152 valence electrons. The number of rotatable bonds is 4. The van der Waals surface area contributed by atoms with Crippen LogP contribution in [0.15, 0.2) is 48.8 Å². The van der Waals surface area contributed by atoms with Crippen LogP contribution in [-0.2, 0) is 18.9 Å². The zero-order chi connectivity index (χ0) is 21.2. The molecule has 1 aromatic carbocycles. The molecule has 0 radical (unpaired) electrons. The first kappa shape index (κ1) is 20.4. The highest BCUT2D eigenvalue weighted by molar-refractivity contribution is 5.69. The third-order valence-corrected chi connectivity index (χ3v) is 3.93. The molecular formula is C18H13F6N5. The van der Waals surface area contributed by atoms with Gasteiger partial charge < -0.3 is 11.1 Å². The second-order valence-electron chi connectivity index (χ2n) is 5.93. The number of nitrogens with zero attached hydrogens (tertiary/aromatic N) is 3. The normalized spacial score (nSPS) is 12.1. The fraction of sp³-hybridized carbons (Fsp3) is 0.167. The van der Waals surface area contributed by atoms with Gasteiger partial charge in [0.15, 0.2) is 5.82 Å². The lowest BCUT2D eigenvalue weighted by Crippen LogP contribution is -2.12. The molecule has 0 saturated carbocycles. The van der Waals surface area contributed by atoms with Crippen LogP contribution in [0.3, 0.4) is 0 Å². The summed E-state index contributed by atoms with van der Waals surface area (Å²) in [5.74, 6) is -0.239. The molecule has 29 heavy (non-hydrogen) atoms. The maximum atomic E-state index is 13.1. The highest BCUT2D eigenvalue weighted by Crippen LogP contribution is 2.34. The van der Waals surface area contributed by atoms with Crippen molar-refractivity contribution >= 4 is 11.6 Å². The number of alkyl halides is 6. The van der Waals surface area contributed by atoms with Crippen LogP contribution in [0.25, 0.3) is 11.4 Å². The maximum Gasteiger partial charge on any atom is 0.417 e. The topological polar surface area (TPSA) is 76.7 Å². The van der Waals surface area contributed by atoms with Gasteiger partial charge in [-0.1, -0.05) is 18.2 Å². The largest absolute Gasteiger partial charge is 0.417 e. The van der Waals surface area contributed by atoms with Crippen LogP contribution < -0.4 is 11.1 Å². The zero-order valence-corrected chi connectivity index (χ0v) is 14.5. The minimum atomic E-state index is -4.63. The van der Waals surface area contributed by atoms with E-state index in [-0.39, 0.29) is 35.1 Å². The zero-order valence-electron chi connectivity index (χ0n) is 14.5. The summed E-state index contributed by atoms with van der Waals surface area (Å²) in [4.78, 5) is 11.4. The molecule has 2 heterocycles. The predicted octanol–water partition coefficient (Wildman–Crippen LogP) is 4.77. The van der Waals surface area contributed by atoms with Gasteiger partial charge in [-0.3, -0.25) is 0 Å². The molecular weight excluding hydrogens is 400 g/mol. The van der Waals surface area contributed by atoms with E-state index >= 15 is 0 Å². The SMILES string of the molecule is Nc1ncc(C(F)(F)F)cc1-c1nccc(NCc2ccccc2C(F)(F)F)n1. The van der Waals surface area contributed by atoms with E-state index in [9.17, 15) is 26.3 Å². The molecule has 3 aromatic rings. The smallest absolute Gasteiger partial charge is 0.383 e. The number of nitrogens with one attached hydrogen (secondary N) is 1. The van der Waals surface area contributed by atoms with Crippen molar-refractivity contribution in [3.63, 3.8) is 0 Å². The highest BCUT2D eigenvalue weighted by atomic mass is 19.4. The van der Waals surface area contributed by atoms with Crippen molar-refractivity contribution in [1.29, 1.82) is 0 Å². The number of hydrogen-bond donors (Lipinski definition) is 2. The summed E-state index contributed by atoms with van der Waals surface area (Å²) < 4.78 is 78.0. The van der Waals surface area contributed by atoms with Crippen LogP contribution in [0, 0.1) is 0 Å². The minimum Gasteiger partial charge on any atom is -0.383 e. The Hall–Kier alpha value is -3.37. The summed E-state index contributed by atoms with van der Waals surface area (Å²) >= 11 is 0. The minimum absolute atomic E-state index is 0.0135. The van der Waals surface area contributed by atoms with Gasteiger partial charge in [-0.25, -0.2) is 15.0 Å². The van der Waals surface area contributed by atoms with Crippen molar-refractivity contribution in [2.75, 3.05) is 11.1 Å². The van der Waals surface area contributed by atoms with E-state index in [1.54, 1.807) is 0 Å². The Bertz CT molecular complexity index is 1020. The molecule has 0 unspecified atom stereocenters. The summed E-state index contributed by atoms with van der Waals surface area (Å²) in [7, 11) is 0. The van der Waals surface area contributed by atoms with E-state index in [0.717, 1.165) is 12.1 Å². The molecule has 0 spiro atoms. The molecule has 0 bridgehead atoms. The maximum absolute atomic E-state index is 13.1. The van der Waals surface area contributed by atoms with Gasteiger partial charge in [0.25, 0.3) is 0 Å². The first-order chi connectivity index (χ1) is 13.6. The molecule has 0 aliphatic heterocycles. The molecule has 3 N–H and O–H groups in total. The van der Waals surface area contributed by atoms with Crippen LogP contribution in [0.2, 0.25) is 0 Å². The van der Waals surface area contributed by atoms with Gasteiger partial charge in [0.1, 0.15) is 11.6 Å². The quantitative estimate of drug-likeness (QED) is 0.603. The molecule has 0 fully saturated rings. The van der Waals surface area contributed by atoms with E-state index in [0.29, 0.717) is 6.20 Å². The molecule has 3 rings (SSSR count). The van der Waals surface area contributed by atoms with Gasteiger partial charge >= 0.3 is 12.4 Å². The Morgan fingerprint density at radius 2 is 1.66 bits per heavy atom. The van der Waals surface area contributed by atoms with Crippen molar-refractivity contribution in [1.82, 2.24) is 15.0 Å². The standard InChI is InChI=1S/C18H13F6N5/c19-17(20,21)11-7-12(15(25)28-9-11)16-26-6-5-14(29-16)27-8-10-3-1-2-4-13(10)18(22,23)24/h1-7,9H,8H2,(H2,25,28)(H,26,27,29). The summed E-state index contributed by atoms with van der Waals surface area (Å²) in [5.41, 5.74) is 3.67. The molecule has 11 heteroatoms. The second kappa shape index (κ2) is 7.57. The predicted molar refractivity (Wildman–Crippen MR) is 93.4 cm³/mol. The van der Waals surface area contributed by atoms with Gasteiger partial charge in [-0.2, -0.15) is 26.3 Å². The second-order valence-corrected chi connectivity index (χ2v) is 5.93. The number of nitrogens with two attached hydrogens (primary N) is 1. The first-order valence-electron chi connectivity index (χ1n) is 8.11. The molecule has 5 nitrogen and oxygen atoms in total. The van der Waals surface area contributed by atoms with Crippen molar-refractivity contribution in [2.45, 2.75) is 18.9 Å². The summed E-state index contributed by atoms with van der Waals surface area (Å²) in [5, 5.41) is 2.71. The molecule has 0 amide bonds. The number of aromatic nitrogens is 3. The summed E-state index contributed by atoms with van der Waals surface area (Å²) in [6, 6.07) is 7.15. The van der Waals surface area contributed by atoms with Crippen molar-refractivity contribution in [3.8, 4) is 11.4 Å². The van der Waals surface area contributed by atoms with E-state index < -0.39 is 23.5 Å². The number of hydrogen-bond acceptors (Lipinski definition) is 5. The molecule has 0 atom stereocenters. The Labute approximate surface area is 160 Å². The molecule has 0 saturated heterocycles. The summed E-state index contributed by atoms with van der Waals surface area (Å²) in [6.45, 7) is -0.206. The van der Waals surface area contributed by atoms with Crippen LogP contribution in [0.5, 0.6) is 0 Å². The number of halogens is 6. The number of benzene rings is 1. The number of anilines is 2. The lowest BCUT2D eigenvalue weighted by molar-refractivity contribution is -0.138.